The van der Waals surface area contributed by atoms with Gasteiger partial charge < -0.3 is 10.0 Å². The Hall–Kier alpha value is -0.220. The summed E-state index contributed by atoms with van der Waals surface area (Å²) in [6.07, 6.45) is 2.97. The summed E-state index contributed by atoms with van der Waals surface area (Å²) in [4.78, 5) is 13.9. The fraction of sp³-hybridized carbons (Fsp3) is 0.941. The molecular formula is C17H33NO2S. The van der Waals surface area contributed by atoms with E-state index >= 15 is 0 Å². The molecule has 3 unspecified atom stereocenters. The molecule has 21 heavy (non-hydrogen) atoms. The summed E-state index contributed by atoms with van der Waals surface area (Å²) >= 11 is 1.89. The van der Waals surface area contributed by atoms with Crippen molar-refractivity contribution >= 4 is 17.7 Å². The first-order valence-electron chi connectivity index (χ1n) is 8.36. The lowest BCUT2D eigenvalue weighted by molar-refractivity contribution is -0.143. The third kappa shape index (κ3) is 5.82. The predicted molar refractivity (Wildman–Crippen MR) is 92.0 cm³/mol. The number of thioether (sulfide) groups is 1. The molecule has 1 saturated carbocycles. The number of rotatable bonds is 7. The fourth-order valence-electron chi connectivity index (χ4n) is 3.26. The van der Waals surface area contributed by atoms with Gasteiger partial charge in [-0.1, -0.05) is 34.6 Å². The van der Waals surface area contributed by atoms with Crippen molar-refractivity contribution < 1.29 is 9.90 Å². The van der Waals surface area contributed by atoms with Crippen LogP contribution in [0.15, 0.2) is 0 Å². The van der Waals surface area contributed by atoms with Crippen molar-refractivity contribution in [2.75, 3.05) is 25.4 Å². The number of carboxylic acids is 1. The van der Waals surface area contributed by atoms with Crippen LogP contribution in [-0.2, 0) is 4.79 Å². The van der Waals surface area contributed by atoms with Crippen LogP contribution in [0.25, 0.3) is 0 Å². The Labute approximate surface area is 134 Å². The quantitative estimate of drug-likeness (QED) is 0.771. The second-order valence-electron chi connectivity index (χ2n) is 7.26. The SMILES string of the molecule is CCN(CC)CCSC1CC(C(C)(C)C)CCC1C(=O)O. The van der Waals surface area contributed by atoms with Gasteiger partial charge in [-0.2, -0.15) is 11.8 Å². The van der Waals surface area contributed by atoms with E-state index in [1.54, 1.807) is 0 Å². The maximum atomic E-state index is 11.5. The summed E-state index contributed by atoms with van der Waals surface area (Å²) < 4.78 is 0. The van der Waals surface area contributed by atoms with Gasteiger partial charge in [0.2, 0.25) is 0 Å². The number of nitrogens with zero attached hydrogens (tertiary/aromatic N) is 1. The maximum absolute atomic E-state index is 11.5. The van der Waals surface area contributed by atoms with Gasteiger partial charge in [0.15, 0.2) is 0 Å². The van der Waals surface area contributed by atoms with Crippen molar-refractivity contribution in [1.29, 1.82) is 0 Å². The van der Waals surface area contributed by atoms with Crippen LogP contribution in [0.4, 0.5) is 0 Å². The number of hydrogen-bond acceptors (Lipinski definition) is 3. The van der Waals surface area contributed by atoms with E-state index in [2.05, 4.69) is 39.5 Å². The molecule has 1 aliphatic rings. The zero-order chi connectivity index (χ0) is 16.0. The average molecular weight is 316 g/mol. The minimum absolute atomic E-state index is 0.148. The van der Waals surface area contributed by atoms with Crippen molar-refractivity contribution in [3.05, 3.63) is 0 Å². The van der Waals surface area contributed by atoms with Crippen molar-refractivity contribution in [2.24, 2.45) is 17.3 Å². The highest BCUT2D eigenvalue weighted by molar-refractivity contribution is 7.99. The molecule has 1 fully saturated rings. The fourth-order valence-corrected chi connectivity index (χ4v) is 4.77. The van der Waals surface area contributed by atoms with Crippen LogP contribution in [0.2, 0.25) is 0 Å². The van der Waals surface area contributed by atoms with E-state index in [0.717, 1.165) is 44.6 Å². The van der Waals surface area contributed by atoms with Crippen LogP contribution in [0.3, 0.4) is 0 Å². The third-order valence-corrected chi connectivity index (χ3v) is 6.33. The van der Waals surface area contributed by atoms with E-state index in [1.807, 2.05) is 11.8 Å². The van der Waals surface area contributed by atoms with Crippen LogP contribution < -0.4 is 0 Å². The van der Waals surface area contributed by atoms with Gasteiger partial charge in [-0.25, -0.2) is 0 Å². The molecule has 1 N–H and O–H groups in total. The van der Waals surface area contributed by atoms with E-state index in [-0.39, 0.29) is 11.2 Å². The second-order valence-corrected chi connectivity index (χ2v) is 8.60. The highest BCUT2D eigenvalue weighted by Crippen LogP contribution is 2.44. The summed E-state index contributed by atoms with van der Waals surface area (Å²) in [7, 11) is 0. The molecule has 1 aliphatic carbocycles. The molecule has 124 valence electrons. The standard InChI is InChI=1S/C17H33NO2S/c1-6-18(7-2)10-11-21-15-12-13(17(3,4)5)8-9-14(15)16(19)20/h13-15H,6-12H2,1-5H3,(H,19,20). The Morgan fingerprint density at radius 3 is 2.33 bits per heavy atom. The Morgan fingerprint density at radius 1 is 1.24 bits per heavy atom. The lowest BCUT2D eigenvalue weighted by Crippen LogP contribution is -2.37. The maximum Gasteiger partial charge on any atom is 0.307 e. The van der Waals surface area contributed by atoms with Crippen molar-refractivity contribution in [1.82, 2.24) is 4.90 Å². The van der Waals surface area contributed by atoms with Gasteiger partial charge in [0, 0.05) is 17.5 Å². The Balaban J connectivity index is 2.57. The Kier molecular flexibility index (Phi) is 7.55. The third-order valence-electron chi connectivity index (χ3n) is 4.97. The minimum Gasteiger partial charge on any atom is -0.481 e. The summed E-state index contributed by atoms with van der Waals surface area (Å²) in [6, 6.07) is 0. The molecule has 0 aromatic heterocycles. The van der Waals surface area contributed by atoms with E-state index in [1.165, 1.54) is 0 Å². The zero-order valence-electron chi connectivity index (χ0n) is 14.4. The molecule has 0 radical (unpaired) electrons. The minimum atomic E-state index is -0.595. The topological polar surface area (TPSA) is 40.5 Å². The Morgan fingerprint density at radius 2 is 1.86 bits per heavy atom. The highest BCUT2D eigenvalue weighted by atomic mass is 32.2. The van der Waals surface area contributed by atoms with Gasteiger partial charge in [-0.15, -0.1) is 0 Å². The van der Waals surface area contributed by atoms with Crippen molar-refractivity contribution in [2.45, 2.75) is 59.1 Å². The second kappa shape index (κ2) is 8.42. The molecule has 3 nitrogen and oxygen atoms in total. The van der Waals surface area contributed by atoms with Gasteiger partial charge in [0.25, 0.3) is 0 Å². The lowest BCUT2D eigenvalue weighted by Gasteiger charge is -2.40. The largest absolute Gasteiger partial charge is 0.481 e. The van der Waals surface area contributed by atoms with Crippen LogP contribution in [-0.4, -0.2) is 46.6 Å². The van der Waals surface area contributed by atoms with E-state index in [4.69, 9.17) is 0 Å². The van der Waals surface area contributed by atoms with Crippen LogP contribution in [0, 0.1) is 17.3 Å². The van der Waals surface area contributed by atoms with Gasteiger partial charge >= 0.3 is 5.97 Å². The monoisotopic (exact) mass is 315 g/mol. The average Bonchev–Trinajstić information content (AvgIpc) is 2.42. The molecule has 3 atom stereocenters. The van der Waals surface area contributed by atoms with E-state index in [0.29, 0.717) is 11.3 Å². The molecule has 0 saturated heterocycles. The zero-order valence-corrected chi connectivity index (χ0v) is 15.2. The number of aliphatic carboxylic acids is 1. The summed E-state index contributed by atoms with van der Waals surface area (Å²) in [5.74, 6) is 0.958. The molecule has 0 aromatic rings. The summed E-state index contributed by atoms with van der Waals surface area (Å²) in [5.41, 5.74) is 0.293. The molecule has 0 bridgehead atoms. The van der Waals surface area contributed by atoms with E-state index < -0.39 is 5.97 Å². The molecular weight excluding hydrogens is 282 g/mol. The lowest BCUT2D eigenvalue weighted by atomic mass is 9.69. The van der Waals surface area contributed by atoms with Crippen molar-refractivity contribution in [3.8, 4) is 0 Å². The normalized spacial score (nSPS) is 27.0. The Bertz CT molecular complexity index is 323. The first kappa shape index (κ1) is 18.8. The van der Waals surface area contributed by atoms with Crippen LogP contribution in [0.5, 0.6) is 0 Å². The molecule has 0 aromatic carbocycles. The summed E-state index contributed by atoms with van der Waals surface area (Å²) in [5, 5.41) is 9.76. The number of carbonyl (C=O) groups is 1. The van der Waals surface area contributed by atoms with Gasteiger partial charge in [-0.3, -0.25) is 4.79 Å². The first-order chi connectivity index (χ1) is 9.79. The van der Waals surface area contributed by atoms with Crippen molar-refractivity contribution in [3.63, 3.8) is 0 Å². The predicted octanol–water partition coefficient (Wildman–Crippen LogP) is 3.98. The smallest absolute Gasteiger partial charge is 0.307 e. The first-order valence-corrected chi connectivity index (χ1v) is 9.41. The van der Waals surface area contributed by atoms with Crippen LogP contribution in [0.1, 0.15) is 53.9 Å². The van der Waals surface area contributed by atoms with Gasteiger partial charge in [0.05, 0.1) is 5.92 Å². The molecule has 0 amide bonds. The van der Waals surface area contributed by atoms with Crippen LogP contribution >= 0.6 is 11.8 Å². The number of hydrogen-bond donors (Lipinski definition) is 1. The molecule has 1 rings (SSSR count). The molecule has 0 heterocycles. The summed E-state index contributed by atoms with van der Waals surface area (Å²) in [6.45, 7) is 14.5. The molecule has 0 aliphatic heterocycles. The number of carboxylic acid groups (broad SMARTS) is 1. The molecule has 4 heteroatoms. The van der Waals surface area contributed by atoms with Gasteiger partial charge in [0.1, 0.15) is 0 Å². The van der Waals surface area contributed by atoms with E-state index in [9.17, 15) is 9.90 Å². The van der Waals surface area contributed by atoms with Gasteiger partial charge in [-0.05, 0) is 43.7 Å². The molecule has 0 spiro atoms. The highest BCUT2D eigenvalue weighted by Gasteiger charge is 2.39.